The summed E-state index contributed by atoms with van der Waals surface area (Å²) in [5, 5.41) is 2.28. The van der Waals surface area contributed by atoms with Gasteiger partial charge in [-0.25, -0.2) is 0 Å². The summed E-state index contributed by atoms with van der Waals surface area (Å²) in [6.45, 7) is 10.8. The van der Waals surface area contributed by atoms with E-state index in [1.54, 1.807) is 30.3 Å². The first-order valence-electron chi connectivity index (χ1n) is 12.2. The van der Waals surface area contributed by atoms with Crippen LogP contribution in [0.15, 0.2) is 41.3 Å². The number of hydrogen-bond acceptors (Lipinski definition) is 6. The van der Waals surface area contributed by atoms with Crippen LogP contribution in [0.4, 0.5) is 16.2 Å². The van der Waals surface area contributed by atoms with Gasteiger partial charge in [-0.3, -0.25) is 19.3 Å². The largest absolute Gasteiger partial charge is 0.494 e. The van der Waals surface area contributed by atoms with Crippen molar-refractivity contribution in [2.45, 2.75) is 52.5 Å². The third-order valence-corrected chi connectivity index (χ3v) is 7.84. The van der Waals surface area contributed by atoms with Crippen LogP contribution < -0.4 is 15.0 Å². The molecule has 7 nitrogen and oxygen atoms in total. The molecule has 1 saturated heterocycles. The lowest BCUT2D eigenvalue weighted by Crippen LogP contribution is -2.45. The molecule has 2 aromatic carbocycles. The Morgan fingerprint density at radius 2 is 1.92 bits per heavy atom. The summed E-state index contributed by atoms with van der Waals surface area (Å²) in [5.41, 5.74) is 5.02. The van der Waals surface area contributed by atoms with E-state index < -0.39 is 17.1 Å². The van der Waals surface area contributed by atoms with Gasteiger partial charge in [-0.1, -0.05) is 6.92 Å². The normalized spacial score (nSPS) is 20.1. The molecule has 2 aliphatic rings. The van der Waals surface area contributed by atoms with E-state index in [4.69, 9.17) is 4.74 Å². The number of carbonyl (C=O) groups excluding carboxylic acids is 3. The van der Waals surface area contributed by atoms with E-state index in [2.05, 4.69) is 50.2 Å². The van der Waals surface area contributed by atoms with Crippen LogP contribution in [-0.2, 0) is 9.59 Å². The van der Waals surface area contributed by atoms with E-state index in [1.807, 2.05) is 13.8 Å². The van der Waals surface area contributed by atoms with Crippen LogP contribution in [-0.4, -0.2) is 47.7 Å². The number of benzene rings is 2. The lowest BCUT2D eigenvalue weighted by molar-refractivity contribution is -0.127. The minimum absolute atomic E-state index is 0.0644. The van der Waals surface area contributed by atoms with Crippen molar-refractivity contribution in [2.75, 3.05) is 30.4 Å². The van der Waals surface area contributed by atoms with Gasteiger partial charge in [0.05, 0.1) is 11.5 Å². The molecule has 190 valence electrons. The van der Waals surface area contributed by atoms with Crippen molar-refractivity contribution in [1.82, 2.24) is 4.90 Å². The molecule has 0 radical (unpaired) electrons. The van der Waals surface area contributed by atoms with E-state index in [-0.39, 0.29) is 12.1 Å². The Labute approximate surface area is 216 Å². The van der Waals surface area contributed by atoms with Crippen LogP contribution in [0.3, 0.4) is 0 Å². The number of anilines is 2. The maximum Gasteiger partial charge on any atom is 0.294 e. The molecule has 0 saturated carbocycles. The second kappa shape index (κ2) is 10.0. The number of hydrogen-bond donors (Lipinski definition) is 1. The number of amides is 3. The molecule has 36 heavy (non-hydrogen) atoms. The fourth-order valence-electron chi connectivity index (χ4n) is 4.81. The van der Waals surface area contributed by atoms with Gasteiger partial charge in [0.25, 0.3) is 11.1 Å². The van der Waals surface area contributed by atoms with Gasteiger partial charge in [0.15, 0.2) is 0 Å². The zero-order valence-electron chi connectivity index (χ0n) is 21.7. The average molecular weight is 508 g/mol. The molecular weight excluding hydrogens is 474 g/mol. The highest BCUT2D eigenvalue weighted by atomic mass is 32.2. The lowest BCUT2D eigenvalue weighted by Gasteiger charge is -2.45. The highest BCUT2D eigenvalue weighted by molar-refractivity contribution is 8.18. The zero-order valence-corrected chi connectivity index (χ0v) is 22.5. The van der Waals surface area contributed by atoms with Crippen molar-refractivity contribution < 1.29 is 19.1 Å². The number of nitrogens with zero attached hydrogens (tertiary/aromatic N) is 2. The fourth-order valence-corrected chi connectivity index (χ4v) is 5.64. The number of imide groups is 1. The first-order chi connectivity index (χ1) is 17.0. The number of aryl methyl sites for hydroxylation is 1. The number of ether oxygens (including phenoxy) is 1. The molecule has 1 fully saturated rings. The van der Waals surface area contributed by atoms with Gasteiger partial charge in [-0.15, -0.1) is 0 Å². The van der Waals surface area contributed by atoms with E-state index in [0.717, 1.165) is 34.2 Å². The van der Waals surface area contributed by atoms with Gasteiger partial charge < -0.3 is 15.0 Å². The van der Waals surface area contributed by atoms with Gasteiger partial charge in [-0.05, 0) is 111 Å². The summed E-state index contributed by atoms with van der Waals surface area (Å²) >= 11 is 0.871. The van der Waals surface area contributed by atoms with Crippen LogP contribution >= 0.6 is 11.8 Å². The molecule has 0 bridgehead atoms. The van der Waals surface area contributed by atoms with Crippen molar-refractivity contribution in [1.29, 1.82) is 0 Å². The molecule has 8 heteroatoms. The Morgan fingerprint density at radius 1 is 1.22 bits per heavy atom. The standard InChI is InChI=1S/C28H33N3O4S/c1-7-35-21-10-8-20(9-11-21)29-25(32)16-31-26(33)24(36-27(31)34)14-19-13-22-18(3)15-28(4,5)30(6)23(22)12-17(19)2/h8-14,18H,7,15-16H2,1-6H3,(H,29,32)/b24-14-. The summed E-state index contributed by atoms with van der Waals surface area (Å²) in [6.07, 6.45) is 2.80. The molecule has 1 unspecified atom stereocenters. The van der Waals surface area contributed by atoms with Crippen molar-refractivity contribution >= 4 is 46.3 Å². The molecule has 0 aliphatic carbocycles. The Bertz CT molecular complexity index is 1240. The minimum atomic E-state index is -0.449. The number of thioether (sulfide) groups is 1. The van der Waals surface area contributed by atoms with E-state index in [9.17, 15) is 14.4 Å². The monoisotopic (exact) mass is 507 g/mol. The zero-order chi connectivity index (χ0) is 26.2. The molecule has 2 aliphatic heterocycles. The second-order valence-corrected chi connectivity index (χ2v) is 11.0. The molecule has 1 atom stereocenters. The maximum atomic E-state index is 13.0. The van der Waals surface area contributed by atoms with E-state index in [0.29, 0.717) is 28.9 Å². The summed E-state index contributed by atoms with van der Waals surface area (Å²) in [7, 11) is 2.12. The molecule has 2 aromatic rings. The Hall–Kier alpha value is -3.26. The summed E-state index contributed by atoms with van der Waals surface area (Å²) in [4.78, 5) is 41.8. The smallest absolute Gasteiger partial charge is 0.294 e. The second-order valence-electron chi connectivity index (χ2n) is 10.0. The highest BCUT2D eigenvalue weighted by Gasteiger charge is 2.37. The predicted molar refractivity (Wildman–Crippen MR) is 146 cm³/mol. The van der Waals surface area contributed by atoms with Crippen molar-refractivity contribution in [3.05, 3.63) is 58.0 Å². The van der Waals surface area contributed by atoms with Crippen LogP contribution in [0.5, 0.6) is 5.75 Å². The third kappa shape index (κ3) is 5.14. The summed E-state index contributed by atoms with van der Waals surface area (Å²) in [6, 6.07) is 11.2. The van der Waals surface area contributed by atoms with Gasteiger partial charge in [0.2, 0.25) is 5.91 Å². The summed E-state index contributed by atoms with van der Waals surface area (Å²) < 4.78 is 5.40. The highest BCUT2D eigenvalue weighted by Crippen LogP contribution is 2.44. The first-order valence-corrected chi connectivity index (χ1v) is 13.0. The van der Waals surface area contributed by atoms with Gasteiger partial charge in [0, 0.05) is 24.0 Å². The van der Waals surface area contributed by atoms with Gasteiger partial charge in [-0.2, -0.15) is 0 Å². The predicted octanol–water partition coefficient (Wildman–Crippen LogP) is 5.79. The van der Waals surface area contributed by atoms with Crippen molar-refractivity contribution in [2.24, 2.45) is 0 Å². The van der Waals surface area contributed by atoms with E-state index in [1.165, 1.54) is 11.3 Å². The molecule has 3 amide bonds. The van der Waals surface area contributed by atoms with Crippen molar-refractivity contribution in [3.8, 4) is 5.75 Å². The van der Waals surface area contributed by atoms with Crippen LogP contribution in [0.1, 0.15) is 56.7 Å². The fraction of sp³-hybridized carbons (Fsp3) is 0.393. The molecule has 1 N–H and O–H groups in total. The summed E-state index contributed by atoms with van der Waals surface area (Å²) in [5.74, 6) is 0.191. The van der Waals surface area contributed by atoms with E-state index >= 15 is 0 Å². The van der Waals surface area contributed by atoms with Crippen LogP contribution in [0, 0.1) is 6.92 Å². The quantitative estimate of drug-likeness (QED) is 0.499. The van der Waals surface area contributed by atoms with Crippen LogP contribution in [0.2, 0.25) is 0 Å². The number of nitrogens with one attached hydrogen (secondary N) is 1. The SMILES string of the molecule is CCOc1ccc(NC(=O)CN2C(=O)S/C(=C\c3cc4c(cc3C)N(C)C(C)(C)CC4C)C2=O)cc1. The number of rotatable bonds is 6. The number of carbonyl (C=O) groups is 3. The molecule has 4 rings (SSSR count). The van der Waals surface area contributed by atoms with Crippen LogP contribution in [0.25, 0.3) is 6.08 Å². The van der Waals surface area contributed by atoms with Gasteiger partial charge >= 0.3 is 0 Å². The minimum Gasteiger partial charge on any atom is -0.494 e. The molecular formula is C28H33N3O4S. The Kier molecular flexibility index (Phi) is 7.18. The van der Waals surface area contributed by atoms with Gasteiger partial charge in [0.1, 0.15) is 12.3 Å². The molecule has 2 heterocycles. The lowest BCUT2D eigenvalue weighted by atomic mass is 9.79. The maximum absolute atomic E-state index is 13.0. The Morgan fingerprint density at radius 3 is 2.58 bits per heavy atom. The first kappa shape index (κ1) is 25.8. The van der Waals surface area contributed by atoms with Crippen molar-refractivity contribution in [3.63, 3.8) is 0 Å². The number of fused-ring (bicyclic) bond motifs is 1. The topological polar surface area (TPSA) is 79.0 Å². The Balaban J connectivity index is 1.49. The third-order valence-electron chi connectivity index (χ3n) is 6.93. The molecule has 0 spiro atoms. The molecule has 0 aromatic heterocycles. The average Bonchev–Trinajstić information content (AvgIpc) is 3.07.